The summed E-state index contributed by atoms with van der Waals surface area (Å²) in [6.07, 6.45) is 3.27. The normalized spacial score (nSPS) is 10.1. The number of nitrogens with zero attached hydrogens (tertiary/aromatic N) is 2. The molecule has 0 spiro atoms. The highest BCUT2D eigenvalue weighted by Gasteiger charge is 2.01. The SMILES string of the molecule is Cc1c(Cl)cccc1NCc1ccncn1. The molecular weight excluding hydrogens is 222 g/mol. The van der Waals surface area contributed by atoms with Crippen molar-refractivity contribution in [2.75, 3.05) is 5.32 Å². The fourth-order valence-electron chi connectivity index (χ4n) is 1.41. The van der Waals surface area contributed by atoms with Crippen molar-refractivity contribution in [1.29, 1.82) is 0 Å². The average molecular weight is 234 g/mol. The lowest BCUT2D eigenvalue weighted by Gasteiger charge is -2.09. The summed E-state index contributed by atoms with van der Waals surface area (Å²) in [5.74, 6) is 0. The standard InChI is InChI=1S/C12H12ClN3/c1-9-11(13)3-2-4-12(9)15-7-10-5-6-14-8-16-10/h2-6,8,15H,7H2,1H3. The summed E-state index contributed by atoms with van der Waals surface area (Å²) in [5, 5.41) is 4.07. The van der Waals surface area contributed by atoms with E-state index in [0.29, 0.717) is 6.54 Å². The van der Waals surface area contributed by atoms with Crippen LogP contribution in [0, 0.1) is 6.92 Å². The predicted octanol–water partition coefficient (Wildman–Crippen LogP) is 3.05. The first-order valence-corrected chi connectivity index (χ1v) is 5.39. The molecule has 2 rings (SSSR count). The molecule has 0 saturated carbocycles. The van der Waals surface area contributed by atoms with E-state index >= 15 is 0 Å². The lowest BCUT2D eigenvalue weighted by Crippen LogP contribution is -2.02. The molecule has 3 nitrogen and oxygen atoms in total. The monoisotopic (exact) mass is 233 g/mol. The van der Waals surface area contributed by atoms with Crippen LogP contribution in [0.2, 0.25) is 5.02 Å². The van der Waals surface area contributed by atoms with Crippen molar-refractivity contribution in [2.24, 2.45) is 0 Å². The van der Waals surface area contributed by atoms with E-state index in [-0.39, 0.29) is 0 Å². The van der Waals surface area contributed by atoms with Gasteiger partial charge >= 0.3 is 0 Å². The average Bonchev–Trinajstić information content (AvgIpc) is 2.32. The van der Waals surface area contributed by atoms with Gasteiger partial charge in [0.25, 0.3) is 0 Å². The van der Waals surface area contributed by atoms with Crippen molar-refractivity contribution >= 4 is 17.3 Å². The van der Waals surface area contributed by atoms with Crippen molar-refractivity contribution in [2.45, 2.75) is 13.5 Å². The van der Waals surface area contributed by atoms with Gasteiger partial charge in [0, 0.05) is 16.9 Å². The molecule has 0 bridgehead atoms. The van der Waals surface area contributed by atoms with Gasteiger partial charge in [-0.25, -0.2) is 9.97 Å². The molecule has 1 heterocycles. The maximum Gasteiger partial charge on any atom is 0.115 e. The van der Waals surface area contributed by atoms with Crippen LogP contribution in [0.25, 0.3) is 0 Å². The minimum atomic E-state index is 0.670. The van der Waals surface area contributed by atoms with Crippen LogP contribution < -0.4 is 5.32 Å². The molecule has 0 aliphatic carbocycles. The molecule has 0 radical (unpaired) electrons. The Hall–Kier alpha value is -1.61. The Labute approximate surface area is 99.5 Å². The number of benzene rings is 1. The molecule has 0 atom stereocenters. The zero-order chi connectivity index (χ0) is 11.4. The van der Waals surface area contributed by atoms with Gasteiger partial charge in [-0.2, -0.15) is 0 Å². The second kappa shape index (κ2) is 4.94. The van der Waals surface area contributed by atoms with E-state index in [9.17, 15) is 0 Å². The quantitative estimate of drug-likeness (QED) is 0.886. The summed E-state index contributed by atoms with van der Waals surface area (Å²) in [4.78, 5) is 8.01. The number of hydrogen-bond donors (Lipinski definition) is 1. The maximum absolute atomic E-state index is 6.03. The van der Waals surface area contributed by atoms with Crippen LogP contribution in [0.3, 0.4) is 0 Å². The lowest BCUT2D eigenvalue weighted by molar-refractivity contribution is 1.00. The van der Waals surface area contributed by atoms with Gasteiger partial charge in [0.05, 0.1) is 12.2 Å². The van der Waals surface area contributed by atoms with Crippen LogP contribution in [-0.2, 0) is 6.54 Å². The fourth-order valence-corrected chi connectivity index (χ4v) is 1.58. The molecular formula is C12H12ClN3. The molecule has 0 aliphatic rings. The largest absolute Gasteiger partial charge is 0.379 e. The Morgan fingerprint density at radius 2 is 2.19 bits per heavy atom. The fraction of sp³-hybridized carbons (Fsp3) is 0.167. The van der Waals surface area contributed by atoms with E-state index in [2.05, 4.69) is 15.3 Å². The van der Waals surface area contributed by atoms with E-state index in [1.54, 1.807) is 12.5 Å². The minimum Gasteiger partial charge on any atom is -0.379 e. The number of halogens is 1. The number of rotatable bonds is 3. The lowest BCUT2D eigenvalue weighted by atomic mass is 10.2. The van der Waals surface area contributed by atoms with Crippen molar-refractivity contribution in [1.82, 2.24) is 9.97 Å². The first-order chi connectivity index (χ1) is 7.77. The number of aromatic nitrogens is 2. The molecule has 0 amide bonds. The summed E-state index contributed by atoms with van der Waals surface area (Å²) in [6, 6.07) is 7.69. The first kappa shape index (κ1) is 10.9. The zero-order valence-corrected chi connectivity index (χ0v) is 9.70. The second-order valence-corrected chi connectivity index (χ2v) is 3.87. The van der Waals surface area contributed by atoms with Crippen LogP contribution in [0.4, 0.5) is 5.69 Å². The molecule has 0 aliphatic heterocycles. The van der Waals surface area contributed by atoms with Gasteiger partial charge in [0.15, 0.2) is 0 Å². The van der Waals surface area contributed by atoms with E-state index < -0.39 is 0 Å². The third-order valence-corrected chi connectivity index (χ3v) is 2.78. The van der Waals surface area contributed by atoms with E-state index in [4.69, 9.17) is 11.6 Å². The van der Waals surface area contributed by atoms with Gasteiger partial charge in [-0.1, -0.05) is 17.7 Å². The topological polar surface area (TPSA) is 37.8 Å². The summed E-state index contributed by atoms with van der Waals surface area (Å²) in [6.45, 7) is 2.66. The Bertz CT molecular complexity index is 471. The molecule has 1 N–H and O–H groups in total. The summed E-state index contributed by atoms with van der Waals surface area (Å²) >= 11 is 6.03. The first-order valence-electron chi connectivity index (χ1n) is 5.01. The molecule has 2 aromatic rings. The zero-order valence-electron chi connectivity index (χ0n) is 8.94. The summed E-state index contributed by atoms with van der Waals surface area (Å²) in [7, 11) is 0. The molecule has 0 saturated heterocycles. The highest BCUT2D eigenvalue weighted by atomic mass is 35.5. The highest BCUT2D eigenvalue weighted by Crippen LogP contribution is 2.23. The van der Waals surface area contributed by atoms with Gasteiger partial charge in [0.1, 0.15) is 6.33 Å². The molecule has 1 aromatic heterocycles. The van der Waals surface area contributed by atoms with Crippen molar-refractivity contribution in [3.8, 4) is 0 Å². The maximum atomic E-state index is 6.03. The van der Waals surface area contributed by atoms with E-state index in [1.165, 1.54) is 0 Å². The molecule has 0 unspecified atom stereocenters. The Morgan fingerprint density at radius 3 is 2.94 bits per heavy atom. The van der Waals surface area contributed by atoms with Gasteiger partial charge < -0.3 is 5.32 Å². The van der Waals surface area contributed by atoms with Crippen molar-refractivity contribution < 1.29 is 0 Å². The van der Waals surface area contributed by atoms with Crippen molar-refractivity contribution in [3.05, 3.63) is 53.1 Å². The third kappa shape index (κ3) is 2.49. The Kier molecular flexibility index (Phi) is 3.37. The third-order valence-electron chi connectivity index (χ3n) is 2.37. The van der Waals surface area contributed by atoms with Gasteiger partial charge in [0.2, 0.25) is 0 Å². The van der Waals surface area contributed by atoms with Crippen LogP contribution in [0.15, 0.2) is 36.8 Å². The predicted molar refractivity (Wildman–Crippen MR) is 65.5 cm³/mol. The molecule has 1 aromatic carbocycles. The summed E-state index contributed by atoms with van der Waals surface area (Å²) < 4.78 is 0. The highest BCUT2D eigenvalue weighted by molar-refractivity contribution is 6.31. The Balaban J connectivity index is 2.08. The van der Waals surface area contributed by atoms with Crippen LogP contribution >= 0.6 is 11.6 Å². The molecule has 4 heteroatoms. The second-order valence-electron chi connectivity index (χ2n) is 3.47. The Morgan fingerprint density at radius 1 is 1.31 bits per heavy atom. The minimum absolute atomic E-state index is 0.670. The number of anilines is 1. The number of nitrogens with one attached hydrogen (secondary N) is 1. The molecule has 82 valence electrons. The van der Waals surface area contributed by atoms with E-state index in [1.807, 2.05) is 31.2 Å². The smallest absolute Gasteiger partial charge is 0.115 e. The van der Waals surface area contributed by atoms with Crippen LogP contribution in [0.1, 0.15) is 11.3 Å². The summed E-state index contributed by atoms with van der Waals surface area (Å²) in [5.41, 5.74) is 3.04. The van der Waals surface area contributed by atoms with Crippen LogP contribution in [0.5, 0.6) is 0 Å². The number of hydrogen-bond acceptors (Lipinski definition) is 3. The molecule has 16 heavy (non-hydrogen) atoms. The van der Waals surface area contributed by atoms with Gasteiger partial charge in [-0.15, -0.1) is 0 Å². The van der Waals surface area contributed by atoms with Gasteiger partial charge in [-0.05, 0) is 30.7 Å². The van der Waals surface area contributed by atoms with Gasteiger partial charge in [-0.3, -0.25) is 0 Å². The molecule has 0 fully saturated rings. The van der Waals surface area contributed by atoms with Crippen LogP contribution in [-0.4, -0.2) is 9.97 Å². The van der Waals surface area contributed by atoms with Crippen molar-refractivity contribution in [3.63, 3.8) is 0 Å². The van der Waals surface area contributed by atoms with E-state index in [0.717, 1.165) is 22.0 Å².